The van der Waals surface area contributed by atoms with E-state index in [9.17, 15) is 9.50 Å². The lowest BCUT2D eigenvalue weighted by atomic mass is 9.93. The highest BCUT2D eigenvalue weighted by Gasteiger charge is 2.21. The molecule has 1 N–H and O–H groups in total. The van der Waals surface area contributed by atoms with Gasteiger partial charge in [-0.3, -0.25) is 0 Å². The number of benzene rings is 1. The third kappa shape index (κ3) is 5.57. The first-order valence-corrected chi connectivity index (χ1v) is 9.22. The van der Waals surface area contributed by atoms with Gasteiger partial charge in [0, 0.05) is 0 Å². The van der Waals surface area contributed by atoms with Crippen molar-refractivity contribution < 1.29 is 14.2 Å². The molecule has 2 nitrogen and oxygen atoms in total. The summed E-state index contributed by atoms with van der Waals surface area (Å²) < 4.78 is 19.4. The van der Waals surface area contributed by atoms with Crippen molar-refractivity contribution in [2.75, 3.05) is 6.61 Å². The molecule has 1 unspecified atom stereocenters. The molecule has 136 valence electrons. The molecule has 0 spiro atoms. The van der Waals surface area contributed by atoms with Gasteiger partial charge < -0.3 is 9.84 Å². The number of allylic oxidation sites excluding steroid dienone is 1. The lowest BCUT2D eigenvalue weighted by Crippen LogP contribution is -2.12. The van der Waals surface area contributed by atoms with Crippen molar-refractivity contribution in [1.82, 2.24) is 0 Å². The lowest BCUT2D eigenvalue weighted by Gasteiger charge is -2.17. The predicted octanol–water partition coefficient (Wildman–Crippen LogP) is 6.18. The number of phenols is 1. The number of hydrogen-bond donors (Lipinski definition) is 1. The Morgan fingerprint density at radius 2 is 2.04 bits per heavy atom. The zero-order chi connectivity index (χ0) is 18.2. The fraction of sp³-hybridized carbons (Fsp3) is 0.455. The Kier molecular flexibility index (Phi) is 7.45. The van der Waals surface area contributed by atoms with Gasteiger partial charge in [-0.05, 0) is 54.5 Å². The summed E-state index contributed by atoms with van der Waals surface area (Å²) in [6.45, 7) is 9.17. The van der Waals surface area contributed by atoms with E-state index < -0.39 is 5.82 Å². The molecular weight excluding hydrogens is 315 g/mol. The van der Waals surface area contributed by atoms with Crippen LogP contribution in [0.25, 0.3) is 6.08 Å². The van der Waals surface area contributed by atoms with E-state index in [-0.39, 0.29) is 11.9 Å². The first kappa shape index (κ1) is 19.5. The fourth-order valence-corrected chi connectivity index (χ4v) is 3.29. The molecule has 0 amide bonds. The third-order valence-electron chi connectivity index (χ3n) is 4.55. The maximum atomic E-state index is 13.5. The van der Waals surface area contributed by atoms with Crippen LogP contribution < -0.4 is 0 Å². The summed E-state index contributed by atoms with van der Waals surface area (Å²) >= 11 is 0. The van der Waals surface area contributed by atoms with E-state index >= 15 is 0 Å². The van der Waals surface area contributed by atoms with Crippen LogP contribution in [0.5, 0.6) is 5.75 Å². The maximum absolute atomic E-state index is 13.5. The van der Waals surface area contributed by atoms with E-state index in [1.165, 1.54) is 28.9 Å². The SMILES string of the molecule is C=C(CCC)C1=CCOC1CC/C(=C/c1ccc(O)c(F)c1)CCC. The molecule has 1 aromatic carbocycles. The molecular formula is C22H29FO2. The van der Waals surface area contributed by atoms with Crippen LogP contribution in [0.3, 0.4) is 0 Å². The Balaban J connectivity index is 2.04. The summed E-state index contributed by atoms with van der Waals surface area (Å²) in [7, 11) is 0. The van der Waals surface area contributed by atoms with Gasteiger partial charge >= 0.3 is 0 Å². The summed E-state index contributed by atoms with van der Waals surface area (Å²) in [6, 6.07) is 4.53. The molecule has 0 radical (unpaired) electrons. The lowest BCUT2D eigenvalue weighted by molar-refractivity contribution is 0.116. The van der Waals surface area contributed by atoms with Crippen LogP contribution in [0.1, 0.15) is 57.9 Å². The minimum Gasteiger partial charge on any atom is -0.505 e. The van der Waals surface area contributed by atoms with Crippen LogP contribution in [0, 0.1) is 5.82 Å². The molecule has 1 heterocycles. The first-order chi connectivity index (χ1) is 12.0. The largest absolute Gasteiger partial charge is 0.505 e. The van der Waals surface area contributed by atoms with Crippen LogP contribution in [0.4, 0.5) is 4.39 Å². The van der Waals surface area contributed by atoms with Crippen LogP contribution in [-0.2, 0) is 4.74 Å². The Morgan fingerprint density at radius 1 is 1.28 bits per heavy atom. The van der Waals surface area contributed by atoms with E-state index in [2.05, 4.69) is 26.5 Å². The van der Waals surface area contributed by atoms with Gasteiger partial charge in [-0.1, -0.05) is 57.1 Å². The molecule has 25 heavy (non-hydrogen) atoms. The highest BCUT2D eigenvalue weighted by molar-refractivity contribution is 5.54. The van der Waals surface area contributed by atoms with Gasteiger partial charge in [-0.15, -0.1) is 0 Å². The zero-order valence-electron chi connectivity index (χ0n) is 15.4. The van der Waals surface area contributed by atoms with Gasteiger partial charge in [0.2, 0.25) is 0 Å². The second-order valence-corrected chi connectivity index (χ2v) is 6.64. The second-order valence-electron chi connectivity index (χ2n) is 6.64. The highest BCUT2D eigenvalue weighted by atomic mass is 19.1. The summed E-state index contributed by atoms with van der Waals surface area (Å²) in [5.74, 6) is -0.887. The van der Waals surface area contributed by atoms with Crippen molar-refractivity contribution in [2.24, 2.45) is 0 Å². The van der Waals surface area contributed by atoms with Crippen molar-refractivity contribution >= 4 is 6.08 Å². The van der Waals surface area contributed by atoms with Crippen LogP contribution in [0.15, 0.2) is 47.6 Å². The van der Waals surface area contributed by atoms with Gasteiger partial charge in [0.1, 0.15) is 0 Å². The molecule has 1 aliphatic rings. The molecule has 0 aliphatic carbocycles. The summed E-state index contributed by atoms with van der Waals surface area (Å²) in [5, 5.41) is 9.33. The van der Waals surface area contributed by atoms with Crippen molar-refractivity contribution in [3.05, 3.63) is 59.0 Å². The van der Waals surface area contributed by atoms with Crippen molar-refractivity contribution in [3.63, 3.8) is 0 Å². The van der Waals surface area contributed by atoms with Gasteiger partial charge in [0.15, 0.2) is 11.6 Å². The first-order valence-electron chi connectivity index (χ1n) is 9.22. The van der Waals surface area contributed by atoms with Gasteiger partial charge in [0.25, 0.3) is 0 Å². The Hall–Kier alpha value is -1.87. The minimum atomic E-state index is -0.579. The van der Waals surface area contributed by atoms with Gasteiger partial charge in [-0.25, -0.2) is 4.39 Å². The number of phenolic OH excluding ortho intramolecular Hbond substituents is 1. The van der Waals surface area contributed by atoms with E-state index in [0.29, 0.717) is 6.61 Å². The summed E-state index contributed by atoms with van der Waals surface area (Å²) in [4.78, 5) is 0. The monoisotopic (exact) mass is 344 g/mol. The third-order valence-corrected chi connectivity index (χ3v) is 4.55. The Bertz CT molecular complexity index is 658. The normalized spacial score (nSPS) is 17.6. The number of rotatable bonds is 9. The average Bonchev–Trinajstić information content (AvgIpc) is 3.05. The van der Waals surface area contributed by atoms with E-state index in [1.54, 1.807) is 6.07 Å². The molecule has 2 rings (SSSR count). The summed E-state index contributed by atoms with van der Waals surface area (Å²) in [6.07, 6.45) is 10.3. The van der Waals surface area contributed by atoms with Crippen LogP contribution >= 0.6 is 0 Å². The minimum absolute atomic E-state index is 0.121. The molecule has 0 fully saturated rings. The van der Waals surface area contributed by atoms with Gasteiger partial charge in [0.05, 0.1) is 12.7 Å². The van der Waals surface area contributed by atoms with Crippen LogP contribution in [0.2, 0.25) is 0 Å². The molecule has 0 saturated heterocycles. The van der Waals surface area contributed by atoms with Crippen LogP contribution in [-0.4, -0.2) is 17.8 Å². The topological polar surface area (TPSA) is 29.5 Å². The standard InChI is InChI=1S/C22H29FO2/c1-4-6-16(3)19-12-13-25-22(19)11-9-17(7-5-2)14-18-8-10-21(24)20(23)15-18/h8,10,12,14-15,22,24H,3-7,9,11,13H2,1-2H3/b17-14+. The number of ether oxygens (including phenoxy) is 1. The van der Waals surface area contributed by atoms with E-state index in [0.717, 1.165) is 44.1 Å². The average molecular weight is 344 g/mol. The van der Waals surface area contributed by atoms with Crippen molar-refractivity contribution in [2.45, 2.75) is 58.5 Å². The molecule has 1 atom stereocenters. The highest BCUT2D eigenvalue weighted by Crippen LogP contribution is 2.29. The zero-order valence-corrected chi connectivity index (χ0v) is 15.4. The maximum Gasteiger partial charge on any atom is 0.165 e. The molecule has 0 aromatic heterocycles. The molecule has 1 aliphatic heterocycles. The van der Waals surface area contributed by atoms with Crippen molar-refractivity contribution in [3.8, 4) is 5.75 Å². The predicted molar refractivity (Wildman–Crippen MR) is 102 cm³/mol. The molecule has 1 aromatic rings. The quantitative estimate of drug-likeness (QED) is 0.580. The van der Waals surface area contributed by atoms with Crippen molar-refractivity contribution in [1.29, 1.82) is 0 Å². The smallest absolute Gasteiger partial charge is 0.165 e. The molecule has 0 saturated carbocycles. The molecule has 0 bridgehead atoms. The summed E-state index contributed by atoms with van der Waals surface area (Å²) in [5.41, 5.74) is 4.51. The number of hydrogen-bond acceptors (Lipinski definition) is 2. The number of halogens is 1. The van der Waals surface area contributed by atoms with E-state index in [4.69, 9.17) is 4.74 Å². The van der Waals surface area contributed by atoms with Gasteiger partial charge in [-0.2, -0.15) is 0 Å². The Labute approximate surface area is 150 Å². The molecule has 3 heteroatoms. The second kappa shape index (κ2) is 9.57. The number of aromatic hydroxyl groups is 1. The Morgan fingerprint density at radius 3 is 2.72 bits per heavy atom. The van der Waals surface area contributed by atoms with E-state index in [1.807, 2.05) is 6.08 Å². The fourth-order valence-electron chi connectivity index (χ4n) is 3.29.